The average molecular weight is 679 g/mol. The number of amides is 2. The van der Waals surface area contributed by atoms with Crippen LogP contribution in [0.15, 0.2) is 0 Å². The van der Waals surface area contributed by atoms with Crippen LogP contribution in [0.3, 0.4) is 0 Å². The van der Waals surface area contributed by atoms with Gasteiger partial charge in [-0.15, -0.1) is 0 Å². The van der Waals surface area contributed by atoms with Crippen LogP contribution < -0.4 is 21.9 Å². The molecule has 1 saturated heterocycles. The van der Waals surface area contributed by atoms with Crippen LogP contribution in [0.4, 0.5) is 0 Å². The van der Waals surface area contributed by atoms with Crippen molar-refractivity contribution in [3.05, 3.63) is 0 Å². The smallest absolute Gasteiger partial charge is 0.320 e. The first-order valence-corrected chi connectivity index (χ1v) is 15.3. The average Bonchev–Trinajstić information content (AvgIpc) is 2.98. The number of hydrogen-bond donors (Lipinski definition) is 8. The number of ether oxygens (including phenoxy) is 2. The summed E-state index contributed by atoms with van der Waals surface area (Å²) in [5, 5.41) is 43.4. The van der Waals surface area contributed by atoms with Gasteiger partial charge in [0.1, 0.15) is 6.04 Å². The van der Waals surface area contributed by atoms with Crippen LogP contribution in [0, 0.1) is 0 Å². The van der Waals surface area contributed by atoms with E-state index in [0.717, 1.165) is 0 Å². The van der Waals surface area contributed by atoms with E-state index in [4.69, 9.17) is 15.3 Å². The quantitative estimate of drug-likeness (QED) is 0.0304. The van der Waals surface area contributed by atoms with Crippen molar-refractivity contribution < 1.29 is 58.7 Å². The molecule has 20 heteroatoms. The number of carbonyl (C=O) groups is 6. The Morgan fingerprint density at radius 3 is 1.40 bits per heavy atom. The van der Waals surface area contributed by atoms with Gasteiger partial charge in [0.05, 0.1) is 52.6 Å². The highest BCUT2D eigenvalue weighted by Crippen LogP contribution is 2.10. The molecule has 0 aromatic carbocycles. The Morgan fingerprint density at radius 1 is 0.617 bits per heavy atom. The van der Waals surface area contributed by atoms with E-state index in [-0.39, 0.29) is 130 Å². The molecule has 0 bridgehead atoms. The van der Waals surface area contributed by atoms with Crippen molar-refractivity contribution in [2.75, 3.05) is 118 Å². The third-order valence-corrected chi connectivity index (χ3v) is 7.09. The summed E-state index contributed by atoms with van der Waals surface area (Å²) in [5.74, 6) is -0.0184. The summed E-state index contributed by atoms with van der Waals surface area (Å²) in [7, 11) is 0. The highest BCUT2D eigenvalue weighted by molar-refractivity contribution is 5.78. The lowest BCUT2D eigenvalue weighted by Gasteiger charge is -2.35. The van der Waals surface area contributed by atoms with E-state index in [1.54, 1.807) is 19.6 Å². The summed E-state index contributed by atoms with van der Waals surface area (Å²) in [5.41, 5.74) is 2.24. The summed E-state index contributed by atoms with van der Waals surface area (Å²) in [6.07, 6.45) is -0.151. The van der Waals surface area contributed by atoms with Crippen LogP contribution in [0.2, 0.25) is 0 Å². The van der Waals surface area contributed by atoms with Crippen LogP contribution in [0.5, 0.6) is 0 Å². The Balaban J connectivity index is 2.67. The second kappa shape index (κ2) is 24.6. The standard InChI is InChI=1S/C27H50N8O12/c28-31-17-23(37)30-4-14-47-16-15-46-13-3-29-22(36)2-1-21(27(44)45)35-11-9-33(19-25(40)41)7-5-32(18-24(38)39)6-8-34(10-12-35)20-26(42)43/h21,31H,1-20,28H2,(H,29,36)(H,30,37)(H,38,39)(H,40,41)(H,42,43)(H,44,45)/t21-/m1/s1. The molecule has 0 aromatic rings. The maximum atomic E-state index is 12.5. The summed E-state index contributed by atoms with van der Waals surface area (Å²) >= 11 is 0. The van der Waals surface area contributed by atoms with Gasteiger partial charge in [-0.2, -0.15) is 0 Å². The molecule has 1 atom stereocenters. The molecule has 1 fully saturated rings. The molecule has 0 radical (unpaired) electrons. The van der Waals surface area contributed by atoms with Gasteiger partial charge >= 0.3 is 23.9 Å². The Morgan fingerprint density at radius 2 is 1.02 bits per heavy atom. The third kappa shape index (κ3) is 21.1. The number of carboxylic acid groups (broad SMARTS) is 4. The van der Waals surface area contributed by atoms with Crippen molar-refractivity contribution in [3.8, 4) is 0 Å². The molecule has 1 rings (SSSR count). The zero-order valence-corrected chi connectivity index (χ0v) is 26.6. The lowest BCUT2D eigenvalue weighted by Crippen LogP contribution is -2.52. The van der Waals surface area contributed by atoms with E-state index in [9.17, 15) is 49.2 Å². The van der Waals surface area contributed by atoms with Crippen molar-refractivity contribution in [1.29, 1.82) is 0 Å². The normalized spacial score (nSPS) is 16.8. The second-order valence-electron chi connectivity index (χ2n) is 10.7. The van der Waals surface area contributed by atoms with Crippen molar-refractivity contribution in [2.45, 2.75) is 18.9 Å². The molecule has 1 aliphatic heterocycles. The van der Waals surface area contributed by atoms with Crippen LogP contribution >= 0.6 is 0 Å². The summed E-state index contributed by atoms with van der Waals surface area (Å²) in [6.45, 7) is 1.97. The van der Waals surface area contributed by atoms with Crippen LogP contribution in [-0.2, 0) is 38.2 Å². The summed E-state index contributed by atoms with van der Waals surface area (Å²) in [6, 6.07) is -1.10. The summed E-state index contributed by atoms with van der Waals surface area (Å²) < 4.78 is 10.7. The first-order chi connectivity index (χ1) is 22.4. The Labute approximate surface area is 273 Å². The lowest BCUT2D eigenvalue weighted by atomic mass is 10.1. The van der Waals surface area contributed by atoms with Gasteiger partial charge in [-0.3, -0.25) is 59.6 Å². The Bertz CT molecular complexity index is 959. The highest BCUT2D eigenvalue weighted by atomic mass is 16.5. The van der Waals surface area contributed by atoms with Gasteiger partial charge in [0, 0.05) is 71.9 Å². The molecule has 0 unspecified atom stereocenters. The molecule has 20 nitrogen and oxygen atoms in total. The molecule has 47 heavy (non-hydrogen) atoms. The fourth-order valence-corrected chi connectivity index (χ4v) is 4.73. The van der Waals surface area contributed by atoms with E-state index in [0.29, 0.717) is 13.2 Å². The van der Waals surface area contributed by atoms with Gasteiger partial charge in [0.25, 0.3) is 0 Å². The fraction of sp³-hybridized carbons (Fsp3) is 0.778. The number of hydrogen-bond acceptors (Lipinski definition) is 14. The molecule has 0 aliphatic carbocycles. The number of aliphatic carboxylic acids is 4. The van der Waals surface area contributed by atoms with Gasteiger partial charge in [-0.1, -0.05) is 0 Å². The minimum atomic E-state index is -1.17. The lowest BCUT2D eigenvalue weighted by molar-refractivity contribution is -0.145. The number of nitrogens with one attached hydrogen (secondary N) is 3. The molecular formula is C27H50N8O12. The van der Waals surface area contributed by atoms with Crippen molar-refractivity contribution >= 4 is 35.7 Å². The third-order valence-electron chi connectivity index (χ3n) is 7.09. The highest BCUT2D eigenvalue weighted by Gasteiger charge is 2.28. The molecule has 0 aromatic heterocycles. The number of nitrogens with zero attached hydrogens (tertiary/aromatic N) is 4. The molecule has 270 valence electrons. The largest absolute Gasteiger partial charge is 0.480 e. The number of nitrogens with two attached hydrogens (primary N) is 1. The zero-order chi connectivity index (χ0) is 35.0. The predicted molar refractivity (Wildman–Crippen MR) is 164 cm³/mol. The molecule has 0 spiro atoms. The minimum Gasteiger partial charge on any atom is -0.480 e. The molecule has 1 heterocycles. The van der Waals surface area contributed by atoms with Gasteiger partial charge in [0.2, 0.25) is 11.8 Å². The molecule has 9 N–H and O–H groups in total. The van der Waals surface area contributed by atoms with Crippen LogP contribution in [-0.4, -0.2) is 200 Å². The van der Waals surface area contributed by atoms with Gasteiger partial charge in [0.15, 0.2) is 0 Å². The first kappa shape index (κ1) is 41.5. The minimum absolute atomic E-state index is 0.00257. The van der Waals surface area contributed by atoms with E-state index < -0.39 is 29.9 Å². The maximum Gasteiger partial charge on any atom is 0.320 e. The monoisotopic (exact) mass is 678 g/mol. The SMILES string of the molecule is NNCC(=O)NCCOCCOCCNC(=O)CC[C@H](C(=O)O)N1CCN(CC(=O)O)CCN(CC(=O)O)CCN(CC(=O)O)CC1. The van der Waals surface area contributed by atoms with Gasteiger partial charge < -0.3 is 40.5 Å². The fourth-order valence-electron chi connectivity index (χ4n) is 4.73. The maximum absolute atomic E-state index is 12.5. The topological polar surface area (TPSA) is 277 Å². The molecular weight excluding hydrogens is 628 g/mol. The van der Waals surface area contributed by atoms with Crippen LogP contribution in [0.1, 0.15) is 12.8 Å². The molecule has 0 saturated carbocycles. The Kier molecular flexibility index (Phi) is 21.8. The van der Waals surface area contributed by atoms with Crippen molar-refractivity contribution in [2.24, 2.45) is 5.84 Å². The van der Waals surface area contributed by atoms with Gasteiger partial charge in [-0.25, -0.2) is 0 Å². The van der Waals surface area contributed by atoms with Crippen molar-refractivity contribution in [1.82, 2.24) is 35.7 Å². The van der Waals surface area contributed by atoms with E-state index >= 15 is 0 Å². The number of carbonyl (C=O) groups excluding carboxylic acids is 2. The number of hydrazine groups is 1. The molecule has 1 aliphatic rings. The summed E-state index contributed by atoms with van der Waals surface area (Å²) in [4.78, 5) is 76.8. The van der Waals surface area contributed by atoms with Gasteiger partial charge in [-0.05, 0) is 6.42 Å². The van der Waals surface area contributed by atoms with E-state index in [1.165, 1.54) is 0 Å². The van der Waals surface area contributed by atoms with Crippen molar-refractivity contribution in [3.63, 3.8) is 0 Å². The first-order valence-electron chi connectivity index (χ1n) is 15.3. The number of rotatable bonds is 22. The molecule has 2 amide bonds. The van der Waals surface area contributed by atoms with E-state index in [1.807, 2.05) is 0 Å². The Hall–Kier alpha value is -3.50. The number of carboxylic acids is 4. The van der Waals surface area contributed by atoms with Crippen LogP contribution in [0.25, 0.3) is 0 Å². The predicted octanol–water partition coefficient (Wildman–Crippen LogP) is -4.58. The van der Waals surface area contributed by atoms with E-state index in [2.05, 4.69) is 16.1 Å². The second-order valence-corrected chi connectivity index (χ2v) is 10.7. The zero-order valence-electron chi connectivity index (χ0n) is 26.6.